The van der Waals surface area contributed by atoms with Gasteiger partial charge >= 0.3 is 6.09 Å². The van der Waals surface area contributed by atoms with Crippen LogP contribution in [-0.2, 0) is 4.74 Å². The molecular formula is C25H31ClN6O2. The van der Waals surface area contributed by atoms with Gasteiger partial charge < -0.3 is 19.9 Å². The summed E-state index contributed by atoms with van der Waals surface area (Å²) in [7, 11) is 0. The number of amides is 1. The second kappa shape index (κ2) is 9.30. The number of anilines is 3. The molecule has 1 N–H and O–H groups in total. The number of piperidine rings is 1. The number of halogens is 1. The van der Waals surface area contributed by atoms with Gasteiger partial charge in [-0.25, -0.2) is 14.8 Å². The van der Waals surface area contributed by atoms with Crippen LogP contribution in [0, 0.1) is 23.7 Å². The van der Waals surface area contributed by atoms with Gasteiger partial charge in [-0.05, 0) is 70.6 Å². The first-order valence-electron chi connectivity index (χ1n) is 11.6. The van der Waals surface area contributed by atoms with E-state index < -0.39 is 5.60 Å². The summed E-state index contributed by atoms with van der Waals surface area (Å²) >= 11 is 6.34. The first-order chi connectivity index (χ1) is 16.1. The zero-order valence-electron chi connectivity index (χ0n) is 20.2. The molecule has 9 heteroatoms. The highest BCUT2D eigenvalue weighted by Crippen LogP contribution is 2.43. The van der Waals surface area contributed by atoms with Crippen LogP contribution in [-0.4, -0.2) is 52.7 Å². The topological polar surface area (TPSA) is 94.4 Å². The molecule has 1 amide bonds. The molecule has 2 aromatic rings. The first kappa shape index (κ1) is 24.1. The van der Waals surface area contributed by atoms with Gasteiger partial charge in [-0.15, -0.1) is 0 Å². The van der Waals surface area contributed by atoms with Gasteiger partial charge in [0.2, 0.25) is 0 Å². The van der Waals surface area contributed by atoms with E-state index in [9.17, 15) is 4.79 Å². The van der Waals surface area contributed by atoms with Crippen molar-refractivity contribution in [3.05, 3.63) is 40.7 Å². The molecule has 0 aliphatic carbocycles. The number of rotatable bonds is 3. The molecule has 0 radical (unpaired) electrons. The Hall–Kier alpha value is -3.05. The molecule has 34 heavy (non-hydrogen) atoms. The maximum Gasteiger partial charge on any atom is 0.410 e. The molecule has 2 fully saturated rings. The van der Waals surface area contributed by atoms with Crippen molar-refractivity contribution in [3.63, 3.8) is 0 Å². The number of hydrogen-bond donors (Lipinski definition) is 1. The smallest absolute Gasteiger partial charge is 0.410 e. The van der Waals surface area contributed by atoms with E-state index in [1.54, 1.807) is 24.5 Å². The Bertz CT molecular complexity index is 1120. The number of carbonyl (C=O) groups is 1. The van der Waals surface area contributed by atoms with Crippen molar-refractivity contribution in [1.29, 1.82) is 5.26 Å². The molecule has 0 saturated carbocycles. The van der Waals surface area contributed by atoms with Gasteiger partial charge in [0.15, 0.2) is 0 Å². The Morgan fingerprint density at radius 1 is 1.21 bits per heavy atom. The Morgan fingerprint density at radius 2 is 1.91 bits per heavy atom. The number of nitriles is 1. The highest BCUT2D eigenvalue weighted by molar-refractivity contribution is 6.33. The van der Waals surface area contributed by atoms with Gasteiger partial charge in [0.25, 0.3) is 0 Å². The molecule has 2 saturated heterocycles. The van der Waals surface area contributed by atoms with E-state index in [1.807, 2.05) is 32.6 Å². The van der Waals surface area contributed by atoms with Gasteiger partial charge in [-0.2, -0.15) is 5.26 Å². The minimum absolute atomic E-state index is 0.180. The molecule has 180 valence electrons. The molecule has 2 aliphatic heterocycles. The lowest BCUT2D eigenvalue weighted by molar-refractivity contribution is 0.0122. The Balaban J connectivity index is 1.43. The third-order valence-corrected chi connectivity index (χ3v) is 6.94. The van der Waals surface area contributed by atoms with E-state index in [1.165, 1.54) is 0 Å². The molecule has 1 aromatic carbocycles. The summed E-state index contributed by atoms with van der Waals surface area (Å²) in [4.78, 5) is 25.6. The average molecular weight is 483 g/mol. The maximum absolute atomic E-state index is 12.4. The van der Waals surface area contributed by atoms with Crippen molar-refractivity contribution in [2.75, 3.05) is 36.4 Å². The molecule has 8 nitrogen and oxygen atoms in total. The van der Waals surface area contributed by atoms with Crippen LogP contribution >= 0.6 is 11.6 Å². The monoisotopic (exact) mass is 482 g/mol. The number of aromatic nitrogens is 2. The molecule has 0 bridgehead atoms. The predicted molar refractivity (Wildman–Crippen MR) is 133 cm³/mol. The Morgan fingerprint density at radius 3 is 2.56 bits per heavy atom. The van der Waals surface area contributed by atoms with E-state index in [0.29, 0.717) is 22.1 Å². The minimum atomic E-state index is -0.478. The van der Waals surface area contributed by atoms with Crippen LogP contribution in [0.25, 0.3) is 0 Å². The average Bonchev–Trinajstić information content (AvgIpc) is 3.18. The number of carbonyl (C=O) groups excluding carboxylic acids is 1. The van der Waals surface area contributed by atoms with Gasteiger partial charge in [0.05, 0.1) is 22.3 Å². The van der Waals surface area contributed by atoms with E-state index in [4.69, 9.17) is 21.6 Å². The fourth-order valence-electron chi connectivity index (χ4n) is 4.71. The molecule has 1 aromatic heterocycles. The maximum atomic E-state index is 12.4. The van der Waals surface area contributed by atoms with Crippen LogP contribution in [0.4, 0.5) is 22.1 Å². The second-order valence-electron chi connectivity index (χ2n) is 10.2. The highest BCUT2D eigenvalue weighted by Gasteiger charge is 2.42. The SMILES string of the molecule is Cc1c(Nc2ccc(C#N)cc2Cl)ncnc1N1CCC2(CCN(C(=O)OC(C)(C)C)CC2)C1. The largest absolute Gasteiger partial charge is 0.444 e. The standard InChI is InChI=1S/C25H31ClN6O2/c1-17-21(30-20-6-5-18(14-27)13-19(20)26)28-16-29-22(17)32-12-9-25(15-32)7-10-31(11-8-25)23(33)34-24(2,3)4/h5-6,13,16H,7-12,15H2,1-4H3,(H,28,29,30). The number of nitrogens with zero attached hydrogens (tertiary/aromatic N) is 5. The summed E-state index contributed by atoms with van der Waals surface area (Å²) in [6.45, 7) is 11.0. The van der Waals surface area contributed by atoms with Crippen LogP contribution in [0.5, 0.6) is 0 Å². The summed E-state index contributed by atoms with van der Waals surface area (Å²) in [6, 6.07) is 7.23. The number of nitrogens with one attached hydrogen (secondary N) is 1. The first-order valence-corrected chi connectivity index (χ1v) is 12.0. The summed E-state index contributed by atoms with van der Waals surface area (Å²) < 4.78 is 5.55. The van der Waals surface area contributed by atoms with Crippen molar-refractivity contribution < 1.29 is 9.53 Å². The molecular weight excluding hydrogens is 452 g/mol. The Kier molecular flexibility index (Phi) is 6.59. The number of hydrogen-bond acceptors (Lipinski definition) is 7. The van der Waals surface area contributed by atoms with Gasteiger partial charge in [0.1, 0.15) is 23.6 Å². The highest BCUT2D eigenvalue weighted by atomic mass is 35.5. The molecule has 3 heterocycles. The molecule has 0 unspecified atom stereocenters. The Labute approximate surface area is 205 Å². The van der Waals surface area contributed by atoms with Crippen molar-refractivity contribution in [2.45, 2.75) is 52.6 Å². The van der Waals surface area contributed by atoms with E-state index in [-0.39, 0.29) is 11.5 Å². The fourth-order valence-corrected chi connectivity index (χ4v) is 4.94. The second-order valence-corrected chi connectivity index (χ2v) is 10.6. The van der Waals surface area contributed by atoms with Crippen molar-refractivity contribution in [3.8, 4) is 6.07 Å². The van der Waals surface area contributed by atoms with Crippen molar-refractivity contribution in [2.24, 2.45) is 5.41 Å². The van der Waals surface area contributed by atoms with Gasteiger partial charge in [-0.1, -0.05) is 11.6 Å². The van der Waals surface area contributed by atoms with E-state index in [0.717, 1.165) is 56.8 Å². The number of benzene rings is 1. The van der Waals surface area contributed by atoms with Crippen LogP contribution < -0.4 is 10.2 Å². The van der Waals surface area contributed by atoms with Gasteiger partial charge in [0, 0.05) is 31.7 Å². The molecule has 0 atom stereocenters. The minimum Gasteiger partial charge on any atom is -0.444 e. The zero-order chi connectivity index (χ0) is 24.5. The van der Waals surface area contributed by atoms with Gasteiger partial charge in [-0.3, -0.25) is 0 Å². The summed E-state index contributed by atoms with van der Waals surface area (Å²) in [6.07, 6.45) is 4.33. The molecule has 2 aliphatic rings. The third-order valence-electron chi connectivity index (χ3n) is 6.62. The summed E-state index contributed by atoms with van der Waals surface area (Å²) in [5, 5.41) is 12.8. The van der Waals surface area contributed by atoms with Crippen LogP contribution in [0.1, 0.15) is 51.2 Å². The number of likely N-dealkylation sites (tertiary alicyclic amines) is 1. The zero-order valence-corrected chi connectivity index (χ0v) is 20.9. The molecule has 1 spiro atoms. The van der Waals surface area contributed by atoms with Crippen LogP contribution in [0.2, 0.25) is 5.02 Å². The van der Waals surface area contributed by atoms with Crippen LogP contribution in [0.3, 0.4) is 0 Å². The predicted octanol–water partition coefficient (Wildman–Crippen LogP) is 5.28. The molecule has 4 rings (SSSR count). The fraction of sp³-hybridized carbons (Fsp3) is 0.520. The third kappa shape index (κ3) is 5.20. The lowest BCUT2D eigenvalue weighted by Crippen LogP contribution is -2.46. The number of ether oxygens (including phenoxy) is 1. The quantitative estimate of drug-likeness (QED) is 0.635. The van der Waals surface area contributed by atoms with Crippen molar-refractivity contribution >= 4 is 35.0 Å². The normalized spacial score (nSPS) is 17.5. The lowest BCUT2D eigenvalue weighted by Gasteiger charge is -2.39. The van der Waals surface area contributed by atoms with E-state index >= 15 is 0 Å². The summed E-state index contributed by atoms with van der Waals surface area (Å²) in [5.74, 6) is 1.60. The lowest BCUT2D eigenvalue weighted by atomic mass is 9.78. The summed E-state index contributed by atoms with van der Waals surface area (Å²) in [5.41, 5.74) is 1.86. The van der Waals surface area contributed by atoms with Crippen molar-refractivity contribution in [1.82, 2.24) is 14.9 Å². The van der Waals surface area contributed by atoms with E-state index in [2.05, 4.69) is 26.3 Å². The van der Waals surface area contributed by atoms with Crippen LogP contribution in [0.15, 0.2) is 24.5 Å².